The summed E-state index contributed by atoms with van der Waals surface area (Å²) in [5, 5.41) is 112. The van der Waals surface area contributed by atoms with Gasteiger partial charge in [-0.25, -0.2) is 37.5 Å². The Balaban J connectivity index is 0.000000116. The van der Waals surface area contributed by atoms with Crippen LogP contribution < -0.4 is 51.7 Å². The second-order valence-corrected chi connectivity index (χ2v) is 34.8. The number of aliphatic hydroxyl groups excluding tert-OH is 8. The summed E-state index contributed by atoms with van der Waals surface area (Å²) >= 11 is 9.62. The van der Waals surface area contributed by atoms with Crippen molar-refractivity contribution in [3.05, 3.63) is 222 Å². The molecule has 8 unspecified atom stereocenters. The van der Waals surface area contributed by atoms with E-state index in [2.05, 4.69) is 63.2 Å². The van der Waals surface area contributed by atoms with Gasteiger partial charge in [0, 0.05) is 156 Å². The van der Waals surface area contributed by atoms with Gasteiger partial charge in [0.15, 0.2) is 11.6 Å². The van der Waals surface area contributed by atoms with Gasteiger partial charge in [0.25, 0.3) is 0 Å². The molecule has 4 aromatic carbocycles. The molecule has 8 aromatic heterocycles. The summed E-state index contributed by atoms with van der Waals surface area (Å²) in [6, 6.07) is 21.2. The number of nitrogens with zero attached hydrogens (tertiary/aromatic N) is 8. The number of nitrogen functional groups attached to an aromatic ring is 2. The number of pyridine rings is 4. The predicted molar refractivity (Wildman–Crippen MR) is 453 cm³/mol. The lowest BCUT2D eigenvalue weighted by Crippen LogP contribution is -2.35. The average Bonchev–Trinajstić information content (AvgIpc) is 1.67. The van der Waals surface area contributed by atoms with E-state index in [1.165, 1.54) is 59.2 Å². The zero-order valence-corrected chi connectivity index (χ0v) is 69.7. The standard InChI is InChI=1S/C25H31N3O4.C22H23ClFN3O3.C21H22BrFN4O3.C21H22F2N4O3/c1-14-4-8-27-24-17(14)6-9-28(24)19-12-21(23(30)22(19)29)32-20-11-16(25(2,3)31)10-15-5-7-26-13-18(15)20;1-11-2-6-26-22-12(11)4-7-27(22)16-9-18(21(29)20(16)28)30-17-8-15(23)19(24)13-3-5-25-10-14(13)17;22-11-5-10-1-3-25-8-12(10)16(6-11)30-17-7-15(19(28)20(17)29)27-9-13(23)18-14(24)2-4-26-21(18)27;22-12-1-2-16(11-8-25-5-3-10(11)12)30-17-7-15(19(28)20(17)29)27-9-13(23)18-14(24)4-6-26-21(18)27/h4,6,8-11,19,21-23,26,29-31H,5,7,12-13H2,1-3H3;2,4,6-8,16,18,20-21,25,28-29H,3,5,9-10H2,1H3;2,4-6,9,15,17,19-20,25,28-29H,1,3,7-8H2,(H2,24,26);1-2,4,6,9,15,17,19-20,25,28-29H,3,5,7-8H2,(H2,24,26)/t19?,21?,22-,23+;16?,18?,20-,21+;2*15?,17?,19-,20+/m0000/s1. The fourth-order valence-electron chi connectivity index (χ4n) is 18.8. The van der Waals surface area contributed by atoms with Gasteiger partial charge in [-0.3, -0.25) is 0 Å². The number of halogens is 6. The van der Waals surface area contributed by atoms with Crippen LogP contribution >= 0.6 is 27.5 Å². The molecule has 8 aliphatic rings. The van der Waals surface area contributed by atoms with Crippen LogP contribution in [0.15, 0.2) is 133 Å². The third kappa shape index (κ3) is 16.0. The highest BCUT2D eigenvalue weighted by atomic mass is 79.9. The molecule has 12 heterocycles. The second kappa shape index (κ2) is 34.5. The summed E-state index contributed by atoms with van der Waals surface area (Å²) in [6.07, 6.45) is 5.63. The minimum atomic E-state index is -1.20. The first kappa shape index (κ1) is 84.6. The summed E-state index contributed by atoms with van der Waals surface area (Å²) in [4.78, 5) is 17.4. The molecule has 4 aliphatic carbocycles. The van der Waals surface area contributed by atoms with Crippen LogP contribution in [-0.4, -0.2) is 184 Å². The molecular weight excluding hydrogens is 1660 g/mol. The second-order valence-electron chi connectivity index (χ2n) is 33.5. The van der Waals surface area contributed by atoms with E-state index in [9.17, 15) is 63.5 Å². The molecule has 0 radical (unpaired) electrons. The lowest BCUT2D eigenvalue weighted by Gasteiger charge is -2.28. The zero-order valence-electron chi connectivity index (χ0n) is 67.3. The quantitative estimate of drug-likeness (QED) is 0.0478. The minimum Gasteiger partial charge on any atom is -0.487 e. The SMILES string of the molecule is Cc1ccnc2c1ccn2C1CC(Oc2cc(C(C)(C)O)cc3c2CNCC3)[C@@H](O)[C@H]1O.Cc1ccnc2c1ccn2C1CC(Oc2cc(Cl)c(F)c3c2CNCC3)[C@@H](O)[C@H]1O.Nc1ccnc2c1c(F)cn2C1CC(Oc2cc(Br)cc3c2CNCC3)[C@@H](O)[C@H]1O.Nc1ccnc2c1c(F)cn2C1CC(Oc2ccc(F)c3c2CNCC3)[C@@H](O)[C@H]1O. The first-order chi connectivity index (χ1) is 58.6. The first-order valence-electron chi connectivity index (χ1n) is 41.2. The number of hydrogen-bond acceptors (Lipinski definition) is 23. The molecule has 0 amide bonds. The third-order valence-corrected chi connectivity index (χ3v) is 26.2. The van der Waals surface area contributed by atoms with Crippen molar-refractivity contribution in [3.63, 3.8) is 0 Å². The van der Waals surface area contributed by atoms with E-state index < -0.39 is 108 Å². The van der Waals surface area contributed by atoms with E-state index in [4.69, 9.17) is 42.0 Å². The van der Waals surface area contributed by atoms with Crippen molar-refractivity contribution < 1.29 is 82.5 Å². The third-order valence-electron chi connectivity index (χ3n) is 25.5. The Hall–Kier alpha value is -9.59. The highest BCUT2D eigenvalue weighted by Gasteiger charge is 2.50. The summed E-state index contributed by atoms with van der Waals surface area (Å²) in [5.41, 5.74) is 23.6. The van der Waals surface area contributed by atoms with E-state index in [0.29, 0.717) is 117 Å². The number of aliphatic hydroxyl groups is 9. The van der Waals surface area contributed by atoms with Crippen molar-refractivity contribution >= 4 is 83.0 Å². The summed E-state index contributed by atoms with van der Waals surface area (Å²) in [6.45, 7) is 13.0. The molecule has 0 bridgehead atoms. The topological polar surface area (TPSA) is 390 Å². The van der Waals surface area contributed by atoms with Crippen LogP contribution in [0.3, 0.4) is 0 Å². The fourth-order valence-corrected chi connectivity index (χ4v) is 19.5. The van der Waals surface area contributed by atoms with E-state index in [1.807, 2.05) is 77.8 Å². The molecule has 17 N–H and O–H groups in total. The van der Waals surface area contributed by atoms with Crippen molar-refractivity contribution in [1.82, 2.24) is 59.5 Å². The molecule has 644 valence electrons. The van der Waals surface area contributed by atoms with Gasteiger partial charge >= 0.3 is 0 Å². The Kier molecular flexibility index (Phi) is 23.9. The fraction of sp³-hybridized carbons (Fsp3) is 0.416. The number of fused-ring (bicyclic) bond motifs is 8. The van der Waals surface area contributed by atoms with Gasteiger partial charge in [0.1, 0.15) is 130 Å². The van der Waals surface area contributed by atoms with Crippen molar-refractivity contribution in [2.75, 3.05) is 37.6 Å². The van der Waals surface area contributed by atoms with Crippen molar-refractivity contribution in [2.45, 2.75) is 208 Å². The lowest BCUT2D eigenvalue weighted by atomic mass is 9.90. The predicted octanol–water partition coefficient (Wildman–Crippen LogP) is 9.17. The lowest BCUT2D eigenvalue weighted by molar-refractivity contribution is -0.0168. The molecule has 27 nitrogen and oxygen atoms in total. The van der Waals surface area contributed by atoms with Crippen LogP contribution in [0, 0.1) is 37.1 Å². The van der Waals surface area contributed by atoms with Crippen LogP contribution in [-0.2, 0) is 57.5 Å². The molecule has 4 aliphatic heterocycles. The van der Waals surface area contributed by atoms with Gasteiger partial charge in [-0.15, -0.1) is 0 Å². The van der Waals surface area contributed by atoms with E-state index in [-0.39, 0.29) is 51.5 Å². The van der Waals surface area contributed by atoms with E-state index in [1.54, 1.807) is 36.9 Å². The molecule has 33 heteroatoms. The number of anilines is 2. The van der Waals surface area contributed by atoms with Crippen LogP contribution in [0.2, 0.25) is 5.02 Å². The van der Waals surface area contributed by atoms with Gasteiger partial charge in [-0.1, -0.05) is 33.6 Å². The molecule has 12 aromatic rings. The van der Waals surface area contributed by atoms with E-state index in [0.717, 1.165) is 97.0 Å². The number of benzene rings is 4. The Labute approximate surface area is 712 Å². The Morgan fingerprint density at radius 2 is 0.820 bits per heavy atom. The zero-order chi connectivity index (χ0) is 85.6. The highest BCUT2D eigenvalue weighted by Crippen LogP contribution is 2.46. The van der Waals surface area contributed by atoms with Crippen molar-refractivity contribution in [3.8, 4) is 23.0 Å². The first-order valence-corrected chi connectivity index (χ1v) is 42.3. The van der Waals surface area contributed by atoms with Gasteiger partial charge in [0.2, 0.25) is 0 Å². The number of aromatic nitrogens is 8. The van der Waals surface area contributed by atoms with Crippen molar-refractivity contribution in [1.29, 1.82) is 0 Å². The molecule has 4 saturated carbocycles. The largest absolute Gasteiger partial charge is 0.487 e. The van der Waals surface area contributed by atoms with Gasteiger partial charge in [0.05, 0.1) is 45.6 Å². The molecule has 0 saturated heterocycles. The summed E-state index contributed by atoms with van der Waals surface area (Å²) in [5.74, 6) is 0.527. The van der Waals surface area contributed by atoms with Gasteiger partial charge in [-0.2, -0.15) is 0 Å². The highest BCUT2D eigenvalue weighted by molar-refractivity contribution is 9.10. The Morgan fingerprint density at radius 3 is 1.29 bits per heavy atom. The molecule has 4 fully saturated rings. The van der Waals surface area contributed by atoms with Crippen LogP contribution in [0.4, 0.5) is 28.9 Å². The van der Waals surface area contributed by atoms with Crippen LogP contribution in [0.25, 0.3) is 44.1 Å². The van der Waals surface area contributed by atoms with Gasteiger partial charge in [-0.05, 0) is 185 Å². The van der Waals surface area contributed by atoms with Crippen LogP contribution in [0.1, 0.15) is 125 Å². The summed E-state index contributed by atoms with van der Waals surface area (Å²) in [7, 11) is 0. The average molecular weight is 1760 g/mol. The van der Waals surface area contributed by atoms with Crippen molar-refractivity contribution in [2.24, 2.45) is 0 Å². The number of ether oxygens (including phenoxy) is 4. The Bertz CT molecular complexity index is 5930. The number of nitrogens with one attached hydrogen (secondary N) is 4. The maximum Gasteiger partial charge on any atom is 0.152 e. The molecular formula is C89H98BrClF4N14O13. The monoisotopic (exact) mass is 1760 g/mol. The number of nitrogens with two attached hydrogens (primary N) is 2. The molecule has 16 atom stereocenters. The number of hydrogen-bond donors (Lipinski definition) is 15. The molecule has 122 heavy (non-hydrogen) atoms. The van der Waals surface area contributed by atoms with E-state index >= 15 is 0 Å². The minimum absolute atomic E-state index is 0.00585. The molecule has 20 rings (SSSR count). The number of rotatable bonds is 13. The Morgan fingerprint density at radius 1 is 0.434 bits per heavy atom. The maximum atomic E-state index is 14.5. The maximum absolute atomic E-state index is 14.5. The van der Waals surface area contributed by atoms with Gasteiger partial charge < -0.3 is 116 Å². The normalized spacial score (nSPS) is 26.1. The summed E-state index contributed by atoms with van der Waals surface area (Å²) < 4.78 is 90.0. The molecule has 0 spiro atoms. The number of aryl methyl sites for hydroxylation is 2. The smallest absolute Gasteiger partial charge is 0.152 e. The van der Waals surface area contributed by atoms with Crippen LogP contribution in [0.5, 0.6) is 23.0 Å².